The first-order chi connectivity index (χ1) is 9.62. The molecule has 110 valence electrons. The maximum Gasteiger partial charge on any atom is 0.134 e. The lowest BCUT2D eigenvalue weighted by molar-refractivity contribution is 0.225. The van der Waals surface area contributed by atoms with E-state index < -0.39 is 0 Å². The quantitative estimate of drug-likeness (QED) is 0.810. The fourth-order valence-corrected chi connectivity index (χ4v) is 2.06. The average molecular weight is 275 g/mol. The Labute approximate surface area is 122 Å². The van der Waals surface area contributed by atoms with Crippen LogP contribution >= 0.6 is 0 Å². The summed E-state index contributed by atoms with van der Waals surface area (Å²) in [5.74, 6) is 6.81. The van der Waals surface area contributed by atoms with E-state index in [-0.39, 0.29) is 6.61 Å². The minimum Gasteiger partial charge on any atom is -0.495 e. The lowest BCUT2D eigenvalue weighted by atomic mass is 10.1. The Morgan fingerprint density at radius 2 is 2.10 bits per heavy atom. The van der Waals surface area contributed by atoms with Crippen LogP contribution in [0.1, 0.15) is 38.3 Å². The van der Waals surface area contributed by atoms with Gasteiger partial charge in [0.25, 0.3) is 0 Å². The number of nitrogens with zero attached hydrogens (tertiary/aromatic N) is 1. The number of ether oxygens (including phenoxy) is 1. The molecule has 3 heteroatoms. The highest BCUT2D eigenvalue weighted by Crippen LogP contribution is 2.20. The highest BCUT2D eigenvalue weighted by Gasteiger charge is 2.09. The van der Waals surface area contributed by atoms with E-state index in [2.05, 4.69) is 49.6 Å². The van der Waals surface area contributed by atoms with E-state index in [0.29, 0.717) is 12.5 Å². The molecule has 0 atom stereocenters. The Morgan fingerprint density at radius 3 is 2.65 bits per heavy atom. The summed E-state index contributed by atoms with van der Waals surface area (Å²) in [5, 5.41) is 8.80. The predicted octanol–water partition coefficient (Wildman–Crippen LogP) is 2.66. The van der Waals surface area contributed by atoms with Crippen LogP contribution in [0.5, 0.6) is 5.75 Å². The van der Waals surface area contributed by atoms with Crippen molar-refractivity contribution in [3.63, 3.8) is 0 Å². The Morgan fingerprint density at radius 1 is 1.35 bits per heavy atom. The molecule has 0 spiro atoms. The first-order valence-corrected chi connectivity index (χ1v) is 7.13. The average Bonchev–Trinajstić information content (AvgIpc) is 2.45. The fourth-order valence-electron chi connectivity index (χ4n) is 2.06. The van der Waals surface area contributed by atoms with Gasteiger partial charge in [0.1, 0.15) is 5.75 Å². The summed E-state index contributed by atoms with van der Waals surface area (Å²) in [6.45, 7) is 8.60. The molecule has 0 saturated heterocycles. The van der Waals surface area contributed by atoms with Gasteiger partial charge in [-0.05, 0) is 38.1 Å². The second-order valence-electron chi connectivity index (χ2n) is 4.97. The van der Waals surface area contributed by atoms with Crippen LogP contribution in [0.25, 0.3) is 0 Å². The van der Waals surface area contributed by atoms with E-state index in [9.17, 15) is 0 Å². The lowest BCUT2D eigenvalue weighted by Gasteiger charge is -2.25. The van der Waals surface area contributed by atoms with Gasteiger partial charge in [0, 0.05) is 19.0 Å². The molecule has 0 radical (unpaired) electrons. The zero-order valence-electron chi connectivity index (χ0n) is 12.9. The second kappa shape index (κ2) is 8.63. The zero-order chi connectivity index (χ0) is 15.0. The lowest BCUT2D eigenvalue weighted by Crippen LogP contribution is -2.29. The van der Waals surface area contributed by atoms with Crippen molar-refractivity contribution in [1.82, 2.24) is 4.90 Å². The van der Waals surface area contributed by atoms with E-state index in [4.69, 9.17) is 9.84 Å². The Balaban J connectivity index is 2.95. The Hall–Kier alpha value is -1.50. The summed E-state index contributed by atoms with van der Waals surface area (Å²) < 4.78 is 5.33. The van der Waals surface area contributed by atoms with Crippen LogP contribution < -0.4 is 4.74 Å². The molecule has 1 N–H and O–H groups in total. The maximum atomic E-state index is 8.80. The third-order valence-electron chi connectivity index (χ3n) is 3.25. The highest BCUT2D eigenvalue weighted by molar-refractivity contribution is 5.48. The summed E-state index contributed by atoms with van der Waals surface area (Å²) in [6.07, 6.45) is 0.487. The maximum absolute atomic E-state index is 8.80. The van der Waals surface area contributed by atoms with Crippen molar-refractivity contribution in [2.45, 2.75) is 39.8 Å². The van der Waals surface area contributed by atoms with Crippen molar-refractivity contribution >= 4 is 0 Å². The largest absolute Gasteiger partial charge is 0.495 e. The molecule has 0 bridgehead atoms. The van der Waals surface area contributed by atoms with Gasteiger partial charge in [-0.3, -0.25) is 4.90 Å². The number of hydrogen-bond donors (Lipinski definition) is 1. The highest BCUT2D eigenvalue weighted by atomic mass is 16.5. The number of aliphatic hydroxyl groups excluding tert-OH is 1. The molecular formula is C17H25NO2. The van der Waals surface area contributed by atoms with Crippen LogP contribution in [0.2, 0.25) is 0 Å². The van der Waals surface area contributed by atoms with Crippen LogP contribution in [0.4, 0.5) is 0 Å². The molecule has 0 aliphatic rings. The van der Waals surface area contributed by atoms with Crippen molar-refractivity contribution < 1.29 is 9.84 Å². The van der Waals surface area contributed by atoms with Crippen LogP contribution in [-0.2, 0) is 6.54 Å². The monoisotopic (exact) mass is 275 g/mol. The number of aliphatic hydroxyl groups is 1. The topological polar surface area (TPSA) is 32.7 Å². The fraction of sp³-hybridized carbons (Fsp3) is 0.529. The summed E-state index contributed by atoms with van der Waals surface area (Å²) in [7, 11) is 1.65. The van der Waals surface area contributed by atoms with Crippen LogP contribution in [0.3, 0.4) is 0 Å². The van der Waals surface area contributed by atoms with E-state index in [1.165, 1.54) is 5.56 Å². The zero-order valence-corrected chi connectivity index (χ0v) is 12.9. The molecule has 0 amide bonds. The number of rotatable bonds is 6. The van der Waals surface area contributed by atoms with Crippen molar-refractivity contribution in [2.75, 3.05) is 20.3 Å². The van der Waals surface area contributed by atoms with E-state index in [0.717, 1.165) is 24.4 Å². The third-order valence-corrected chi connectivity index (χ3v) is 3.25. The molecule has 1 aromatic rings. The van der Waals surface area contributed by atoms with Crippen LogP contribution in [0.15, 0.2) is 18.2 Å². The number of benzene rings is 1. The summed E-state index contributed by atoms with van der Waals surface area (Å²) >= 11 is 0. The first kappa shape index (κ1) is 16.6. The molecule has 0 saturated carbocycles. The standard InChI is InChI=1S/C17H25NO2/c1-5-18(14(2)3)13-15-9-10-17(20-4)16(12-15)8-6-7-11-19/h9-10,12,14,19H,5,7,11,13H2,1-4H3. The molecule has 20 heavy (non-hydrogen) atoms. The molecule has 0 aliphatic carbocycles. The molecule has 1 aromatic carbocycles. The van der Waals surface area contributed by atoms with E-state index in [1.54, 1.807) is 7.11 Å². The van der Waals surface area contributed by atoms with Gasteiger partial charge in [0.2, 0.25) is 0 Å². The number of hydrogen-bond acceptors (Lipinski definition) is 3. The Bertz CT molecular complexity index is 472. The van der Waals surface area contributed by atoms with Gasteiger partial charge in [-0.2, -0.15) is 0 Å². The van der Waals surface area contributed by atoms with Gasteiger partial charge in [0.05, 0.1) is 19.3 Å². The van der Waals surface area contributed by atoms with Gasteiger partial charge in [-0.25, -0.2) is 0 Å². The molecule has 0 aliphatic heterocycles. The summed E-state index contributed by atoms with van der Waals surface area (Å²) in [4.78, 5) is 2.40. The molecule has 0 aromatic heterocycles. The second-order valence-corrected chi connectivity index (χ2v) is 4.97. The number of methoxy groups -OCH3 is 1. The minimum atomic E-state index is 0.0893. The smallest absolute Gasteiger partial charge is 0.134 e. The van der Waals surface area contributed by atoms with E-state index in [1.807, 2.05) is 6.07 Å². The molecular weight excluding hydrogens is 250 g/mol. The third kappa shape index (κ3) is 4.88. The van der Waals surface area contributed by atoms with Gasteiger partial charge >= 0.3 is 0 Å². The van der Waals surface area contributed by atoms with Crippen LogP contribution in [-0.4, -0.2) is 36.3 Å². The minimum absolute atomic E-state index is 0.0893. The van der Waals surface area contributed by atoms with Gasteiger partial charge in [-0.1, -0.05) is 24.8 Å². The molecule has 0 fully saturated rings. The summed E-state index contributed by atoms with van der Waals surface area (Å²) in [6, 6.07) is 6.65. The Kier molecular flexibility index (Phi) is 7.14. The first-order valence-electron chi connectivity index (χ1n) is 7.13. The molecule has 1 rings (SSSR count). The van der Waals surface area contributed by atoms with Crippen molar-refractivity contribution in [3.05, 3.63) is 29.3 Å². The molecule has 0 unspecified atom stereocenters. The summed E-state index contributed by atoms with van der Waals surface area (Å²) in [5.41, 5.74) is 2.12. The van der Waals surface area contributed by atoms with E-state index >= 15 is 0 Å². The van der Waals surface area contributed by atoms with Crippen LogP contribution in [0, 0.1) is 11.8 Å². The SMILES string of the molecule is CCN(Cc1ccc(OC)c(C#CCCO)c1)C(C)C. The van der Waals surface area contributed by atoms with Crippen molar-refractivity contribution in [2.24, 2.45) is 0 Å². The van der Waals surface area contributed by atoms with Gasteiger partial charge in [-0.15, -0.1) is 0 Å². The molecule has 3 nitrogen and oxygen atoms in total. The van der Waals surface area contributed by atoms with Crippen molar-refractivity contribution in [3.8, 4) is 17.6 Å². The van der Waals surface area contributed by atoms with Crippen molar-refractivity contribution in [1.29, 1.82) is 0 Å². The van der Waals surface area contributed by atoms with Gasteiger partial charge in [0.15, 0.2) is 0 Å². The normalized spacial score (nSPS) is 10.6. The predicted molar refractivity (Wildman–Crippen MR) is 82.8 cm³/mol. The van der Waals surface area contributed by atoms with Gasteiger partial charge < -0.3 is 9.84 Å². The molecule has 0 heterocycles.